The van der Waals surface area contributed by atoms with E-state index in [1.807, 2.05) is 24.5 Å². The third-order valence-corrected chi connectivity index (χ3v) is 2.59. The molecule has 70 valence electrons. The number of benzene rings is 1. The summed E-state index contributed by atoms with van der Waals surface area (Å²) in [5.41, 5.74) is 7.20. The third kappa shape index (κ3) is 4.26. The lowest BCUT2D eigenvalue weighted by atomic mass is 10.2. The second kappa shape index (κ2) is 5.96. The van der Waals surface area contributed by atoms with Gasteiger partial charge in [0.15, 0.2) is 0 Å². The van der Waals surface area contributed by atoms with E-state index >= 15 is 0 Å². The molecule has 4 heteroatoms. The van der Waals surface area contributed by atoms with Crippen LogP contribution in [0.4, 0.5) is 0 Å². The summed E-state index contributed by atoms with van der Waals surface area (Å²) in [6, 6.07) is 10.2. The first-order valence-corrected chi connectivity index (χ1v) is 5.57. The lowest BCUT2D eigenvalue weighted by molar-refractivity contribution is 0.664. The second-order valence-electron chi connectivity index (χ2n) is 2.46. The van der Waals surface area contributed by atoms with E-state index in [-0.39, 0.29) is 0 Å². The van der Waals surface area contributed by atoms with Crippen molar-refractivity contribution in [3.8, 4) is 0 Å². The molecule has 13 heavy (non-hydrogen) atoms. The number of hydrazine groups is 1. The van der Waals surface area contributed by atoms with E-state index in [2.05, 4.69) is 23.0 Å². The van der Waals surface area contributed by atoms with Gasteiger partial charge in [0.05, 0.1) is 0 Å². The number of rotatable bonds is 3. The van der Waals surface area contributed by atoms with E-state index in [0.717, 1.165) is 10.9 Å². The van der Waals surface area contributed by atoms with E-state index in [1.165, 1.54) is 17.3 Å². The zero-order valence-corrected chi connectivity index (χ0v) is 9.04. The van der Waals surface area contributed by atoms with Crippen LogP contribution in [0.5, 0.6) is 0 Å². The normalized spacial score (nSPS) is 9.62. The fourth-order valence-corrected chi connectivity index (χ4v) is 1.11. The van der Waals surface area contributed by atoms with Gasteiger partial charge in [0, 0.05) is 6.54 Å². The van der Waals surface area contributed by atoms with Gasteiger partial charge >= 0.3 is 0 Å². The number of nitrogens with one attached hydrogen (secondary N) is 2. The Labute approximate surface area is 88.1 Å². The van der Waals surface area contributed by atoms with Gasteiger partial charge in [0.1, 0.15) is 4.32 Å². The van der Waals surface area contributed by atoms with Crippen molar-refractivity contribution in [1.82, 2.24) is 10.9 Å². The first-order chi connectivity index (χ1) is 6.33. The molecule has 0 saturated heterocycles. The Morgan fingerprint density at radius 3 is 2.69 bits per heavy atom. The van der Waals surface area contributed by atoms with E-state index in [1.54, 1.807) is 0 Å². The molecule has 0 spiro atoms. The van der Waals surface area contributed by atoms with Crippen molar-refractivity contribution in [1.29, 1.82) is 0 Å². The van der Waals surface area contributed by atoms with E-state index < -0.39 is 0 Å². The Bertz CT molecular complexity index is 262. The Kier molecular flexibility index (Phi) is 4.82. The van der Waals surface area contributed by atoms with Gasteiger partial charge in [0.2, 0.25) is 0 Å². The van der Waals surface area contributed by atoms with Gasteiger partial charge in [-0.2, -0.15) is 0 Å². The molecular formula is C9H12N2S2. The van der Waals surface area contributed by atoms with Crippen LogP contribution in [0.1, 0.15) is 5.56 Å². The van der Waals surface area contributed by atoms with Crippen LogP contribution in [0.25, 0.3) is 0 Å². The summed E-state index contributed by atoms with van der Waals surface area (Å²) in [5.74, 6) is 0. The molecule has 0 bridgehead atoms. The lowest BCUT2D eigenvalue weighted by Crippen LogP contribution is -2.33. The maximum atomic E-state index is 4.96. The van der Waals surface area contributed by atoms with Crippen molar-refractivity contribution < 1.29 is 0 Å². The molecule has 0 aliphatic heterocycles. The van der Waals surface area contributed by atoms with Crippen molar-refractivity contribution in [3.05, 3.63) is 35.9 Å². The summed E-state index contributed by atoms with van der Waals surface area (Å²) < 4.78 is 0.760. The Morgan fingerprint density at radius 1 is 1.38 bits per heavy atom. The topological polar surface area (TPSA) is 24.1 Å². The van der Waals surface area contributed by atoms with Crippen LogP contribution in [0.3, 0.4) is 0 Å². The van der Waals surface area contributed by atoms with Crippen LogP contribution < -0.4 is 10.9 Å². The molecule has 0 aromatic heterocycles. The summed E-state index contributed by atoms with van der Waals surface area (Å²) in [5, 5.41) is 0. The number of hydrogen-bond acceptors (Lipinski definition) is 3. The van der Waals surface area contributed by atoms with E-state index in [0.29, 0.717) is 0 Å². The molecular weight excluding hydrogens is 200 g/mol. The summed E-state index contributed by atoms with van der Waals surface area (Å²) in [6.07, 6.45) is 1.94. The molecule has 1 rings (SSSR count). The quantitative estimate of drug-likeness (QED) is 0.590. The van der Waals surface area contributed by atoms with Crippen LogP contribution in [-0.2, 0) is 6.54 Å². The molecule has 0 radical (unpaired) electrons. The highest BCUT2D eigenvalue weighted by Crippen LogP contribution is 1.97. The first-order valence-electron chi connectivity index (χ1n) is 3.93. The molecule has 0 saturated carbocycles. The third-order valence-electron chi connectivity index (χ3n) is 1.51. The number of thioether (sulfide) groups is 1. The van der Waals surface area contributed by atoms with Crippen LogP contribution in [0.2, 0.25) is 0 Å². The molecule has 0 fully saturated rings. The molecule has 0 aliphatic rings. The average molecular weight is 212 g/mol. The molecule has 0 unspecified atom stereocenters. The highest BCUT2D eigenvalue weighted by atomic mass is 32.2. The van der Waals surface area contributed by atoms with Crippen LogP contribution in [-0.4, -0.2) is 10.6 Å². The molecule has 1 aromatic rings. The zero-order chi connectivity index (χ0) is 9.52. The van der Waals surface area contributed by atoms with Gasteiger partial charge in [-0.15, -0.1) is 0 Å². The van der Waals surface area contributed by atoms with Gasteiger partial charge in [-0.1, -0.05) is 54.3 Å². The fourth-order valence-electron chi connectivity index (χ4n) is 0.865. The van der Waals surface area contributed by atoms with Gasteiger partial charge in [-0.05, 0) is 11.8 Å². The van der Waals surface area contributed by atoms with Gasteiger partial charge in [0.25, 0.3) is 0 Å². The monoisotopic (exact) mass is 212 g/mol. The maximum absolute atomic E-state index is 4.96. The lowest BCUT2D eigenvalue weighted by Gasteiger charge is -2.06. The number of thiocarbonyl (C=S) groups is 1. The highest BCUT2D eigenvalue weighted by molar-refractivity contribution is 8.22. The summed E-state index contributed by atoms with van der Waals surface area (Å²) >= 11 is 6.48. The molecule has 2 N–H and O–H groups in total. The molecule has 1 aromatic carbocycles. The standard InChI is InChI=1S/C9H12N2S2/c1-13-9(12)11-10-7-8-5-3-2-4-6-8/h2-6,10H,7H2,1H3,(H,11,12). The van der Waals surface area contributed by atoms with Crippen LogP contribution >= 0.6 is 24.0 Å². The minimum absolute atomic E-state index is 0.760. The first kappa shape index (κ1) is 10.5. The van der Waals surface area contributed by atoms with Crippen molar-refractivity contribution in [2.75, 3.05) is 6.26 Å². The van der Waals surface area contributed by atoms with Crippen molar-refractivity contribution in [2.24, 2.45) is 0 Å². The van der Waals surface area contributed by atoms with Crippen molar-refractivity contribution in [3.63, 3.8) is 0 Å². The Morgan fingerprint density at radius 2 is 2.08 bits per heavy atom. The largest absolute Gasteiger partial charge is 0.306 e. The van der Waals surface area contributed by atoms with Gasteiger partial charge in [-0.3, -0.25) is 0 Å². The smallest absolute Gasteiger partial charge is 0.147 e. The van der Waals surface area contributed by atoms with E-state index in [4.69, 9.17) is 12.2 Å². The molecule has 2 nitrogen and oxygen atoms in total. The summed E-state index contributed by atoms with van der Waals surface area (Å²) in [6.45, 7) is 0.779. The fraction of sp³-hybridized carbons (Fsp3) is 0.222. The predicted molar refractivity (Wildman–Crippen MR) is 62.5 cm³/mol. The zero-order valence-electron chi connectivity index (χ0n) is 7.41. The minimum atomic E-state index is 0.760. The highest BCUT2D eigenvalue weighted by Gasteiger charge is 1.91. The van der Waals surface area contributed by atoms with Crippen molar-refractivity contribution in [2.45, 2.75) is 6.54 Å². The number of hydrogen-bond donors (Lipinski definition) is 2. The molecule has 0 atom stereocenters. The SMILES string of the molecule is CSC(=S)NNCc1ccccc1. The molecule has 0 amide bonds. The van der Waals surface area contributed by atoms with Crippen LogP contribution in [0, 0.1) is 0 Å². The Balaban J connectivity index is 2.24. The second-order valence-corrected chi connectivity index (χ2v) is 3.94. The molecule has 0 aliphatic carbocycles. The maximum Gasteiger partial charge on any atom is 0.147 e. The van der Waals surface area contributed by atoms with Gasteiger partial charge < -0.3 is 5.43 Å². The summed E-state index contributed by atoms with van der Waals surface area (Å²) in [7, 11) is 0. The average Bonchev–Trinajstić information content (AvgIpc) is 2.19. The molecule has 0 heterocycles. The Hall–Kier alpha value is -0.580. The summed E-state index contributed by atoms with van der Waals surface area (Å²) in [4.78, 5) is 0. The predicted octanol–water partition coefficient (Wildman–Crippen LogP) is 1.93. The van der Waals surface area contributed by atoms with Crippen LogP contribution in [0.15, 0.2) is 30.3 Å². The van der Waals surface area contributed by atoms with E-state index in [9.17, 15) is 0 Å². The minimum Gasteiger partial charge on any atom is -0.306 e. The van der Waals surface area contributed by atoms with Crippen molar-refractivity contribution >= 4 is 28.3 Å². The van der Waals surface area contributed by atoms with Gasteiger partial charge in [-0.25, -0.2) is 5.43 Å².